The van der Waals surface area contributed by atoms with Gasteiger partial charge in [-0.2, -0.15) is 0 Å². The second kappa shape index (κ2) is 6.67. The minimum Gasteiger partial charge on any atom is -0.466 e. The van der Waals surface area contributed by atoms with Gasteiger partial charge in [0.25, 0.3) is 0 Å². The van der Waals surface area contributed by atoms with E-state index in [2.05, 4.69) is 22.2 Å². The molecule has 0 radical (unpaired) electrons. The van der Waals surface area contributed by atoms with Gasteiger partial charge in [-0.05, 0) is 18.9 Å². The fourth-order valence-corrected chi connectivity index (χ4v) is 1.34. The zero-order chi connectivity index (χ0) is 11.8. The number of hydrogen-bond donors (Lipinski definition) is 1. The summed E-state index contributed by atoms with van der Waals surface area (Å²) in [5, 5.41) is 3.16. The van der Waals surface area contributed by atoms with E-state index in [9.17, 15) is 4.79 Å². The highest BCUT2D eigenvalue weighted by molar-refractivity contribution is 5.82. The Morgan fingerprint density at radius 2 is 2.06 bits per heavy atom. The molecular formula is C13H17NO2. The predicted octanol–water partition coefficient (Wildman–Crippen LogP) is 1.90. The summed E-state index contributed by atoms with van der Waals surface area (Å²) in [5.74, 6) is -0.329. The number of benzene rings is 1. The highest BCUT2D eigenvalue weighted by Crippen LogP contribution is 1.99. The Morgan fingerprint density at radius 3 is 2.69 bits per heavy atom. The lowest BCUT2D eigenvalue weighted by molar-refractivity contribution is -0.134. The summed E-state index contributed by atoms with van der Waals surface area (Å²) in [5.41, 5.74) is 2.10. The number of rotatable bonds is 5. The number of nitrogens with one attached hydrogen (secondary N) is 1. The van der Waals surface area contributed by atoms with Crippen LogP contribution in [0.2, 0.25) is 0 Å². The lowest BCUT2D eigenvalue weighted by Gasteiger charge is -2.06. The molecule has 0 atom stereocenters. The smallest absolute Gasteiger partial charge is 0.332 e. The van der Waals surface area contributed by atoms with E-state index in [-0.39, 0.29) is 5.97 Å². The Balaban J connectivity index is 2.31. The number of methoxy groups -OCH3 is 1. The number of carbonyl (C=O) groups is 1. The van der Waals surface area contributed by atoms with Crippen LogP contribution in [0, 0.1) is 0 Å². The molecule has 16 heavy (non-hydrogen) atoms. The number of hydrogen-bond acceptors (Lipinski definition) is 3. The number of ether oxygens (including phenoxy) is 1. The fraction of sp³-hybridized carbons (Fsp3) is 0.308. The van der Waals surface area contributed by atoms with E-state index in [1.807, 2.05) is 25.1 Å². The summed E-state index contributed by atoms with van der Waals surface area (Å²) in [6.45, 7) is 2.66. The van der Waals surface area contributed by atoms with Gasteiger partial charge in [-0.25, -0.2) is 4.79 Å². The van der Waals surface area contributed by atoms with Crippen LogP contribution in [0.3, 0.4) is 0 Å². The largest absolute Gasteiger partial charge is 0.466 e. The monoisotopic (exact) mass is 219 g/mol. The van der Waals surface area contributed by atoms with Gasteiger partial charge in [0, 0.05) is 18.3 Å². The van der Waals surface area contributed by atoms with Gasteiger partial charge in [-0.3, -0.25) is 0 Å². The molecule has 1 aromatic carbocycles. The van der Waals surface area contributed by atoms with Crippen LogP contribution in [0.5, 0.6) is 0 Å². The predicted molar refractivity (Wildman–Crippen MR) is 63.9 cm³/mol. The highest BCUT2D eigenvalue weighted by atomic mass is 16.5. The molecule has 0 bridgehead atoms. The van der Waals surface area contributed by atoms with E-state index in [4.69, 9.17) is 0 Å². The van der Waals surface area contributed by atoms with Crippen LogP contribution < -0.4 is 5.32 Å². The first-order valence-electron chi connectivity index (χ1n) is 5.26. The van der Waals surface area contributed by atoms with Gasteiger partial charge in [0.2, 0.25) is 0 Å². The zero-order valence-corrected chi connectivity index (χ0v) is 9.69. The summed E-state index contributed by atoms with van der Waals surface area (Å²) < 4.78 is 4.53. The number of carbonyl (C=O) groups excluding carboxylic acids is 1. The Morgan fingerprint density at radius 1 is 1.38 bits per heavy atom. The zero-order valence-electron chi connectivity index (χ0n) is 9.69. The van der Waals surface area contributed by atoms with Crippen molar-refractivity contribution in [1.82, 2.24) is 5.32 Å². The molecule has 0 aliphatic heterocycles. The van der Waals surface area contributed by atoms with Crippen molar-refractivity contribution >= 4 is 5.97 Å². The first-order valence-corrected chi connectivity index (χ1v) is 5.26. The molecule has 0 unspecified atom stereocenters. The quantitative estimate of drug-likeness (QED) is 0.607. The average molecular weight is 219 g/mol. The fourth-order valence-electron chi connectivity index (χ4n) is 1.34. The molecule has 0 heterocycles. The van der Waals surface area contributed by atoms with Crippen molar-refractivity contribution in [3.63, 3.8) is 0 Å². The van der Waals surface area contributed by atoms with Crippen LogP contribution in [0.25, 0.3) is 0 Å². The third kappa shape index (κ3) is 4.64. The molecule has 1 aromatic rings. The Kier molecular flexibility index (Phi) is 5.12. The molecule has 1 rings (SSSR count). The standard InChI is InChI=1S/C13H17NO2/c1-11(10-13(15)16-2)14-9-8-12-6-4-3-5-7-12/h3-7,10,14H,8-9H2,1-2H3/b11-10-. The lowest BCUT2D eigenvalue weighted by atomic mass is 10.1. The second-order valence-electron chi connectivity index (χ2n) is 3.51. The molecule has 3 nitrogen and oxygen atoms in total. The van der Waals surface area contributed by atoms with E-state index in [1.54, 1.807) is 0 Å². The third-order valence-corrected chi connectivity index (χ3v) is 2.20. The molecule has 1 N–H and O–H groups in total. The van der Waals surface area contributed by atoms with Gasteiger partial charge in [-0.1, -0.05) is 30.3 Å². The average Bonchev–Trinajstić information content (AvgIpc) is 2.30. The second-order valence-corrected chi connectivity index (χ2v) is 3.51. The first-order chi connectivity index (χ1) is 7.72. The molecule has 0 fully saturated rings. The summed E-state index contributed by atoms with van der Waals surface area (Å²) >= 11 is 0. The van der Waals surface area contributed by atoms with Crippen molar-refractivity contribution < 1.29 is 9.53 Å². The minimum absolute atomic E-state index is 0.329. The van der Waals surface area contributed by atoms with Crippen LogP contribution in [0.4, 0.5) is 0 Å². The molecule has 0 aromatic heterocycles. The van der Waals surface area contributed by atoms with E-state index >= 15 is 0 Å². The molecular weight excluding hydrogens is 202 g/mol. The maximum Gasteiger partial charge on any atom is 0.332 e. The summed E-state index contributed by atoms with van der Waals surface area (Å²) in [6, 6.07) is 10.2. The van der Waals surface area contributed by atoms with Crippen molar-refractivity contribution in [3.8, 4) is 0 Å². The van der Waals surface area contributed by atoms with Crippen molar-refractivity contribution in [2.75, 3.05) is 13.7 Å². The summed E-state index contributed by atoms with van der Waals surface area (Å²) in [7, 11) is 1.37. The molecule has 0 aliphatic carbocycles. The minimum atomic E-state index is -0.329. The highest BCUT2D eigenvalue weighted by Gasteiger charge is 1.96. The van der Waals surface area contributed by atoms with Gasteiger partial charge in [0.1, 0.15) is 0 Å². The third-order valence-electron chi connectivity index (χ3n) is 2.20. The molecule has 0 spiro atoms. The first kappa shape index (κ1) is 12.3. The van der Waals surface area contributed by atoms with Crippen LogP contribution in [-0.2, 0) is 16.0 Å². The molecule has 86 valence electrons. The van der Waals surface area contributed by atoms with Crippen LogP contribution >= 0.6 is 0 Å². The molecule has 3 heteroatoms. The van der Waals surface area contributed by atoms with Gasteiger partial charge < -0.3 is 10.1 Å². The molecule has 0 saturated carbocycles. The van der Waals surface area contributed by atoms with Crippen LogP contribution in [0.1, 0.15) is 12.5 Å². The summed E-state index contributed by atoms with van der Waals surface area (Å²) in [4.78, 5) is 10.9. The molecule has 0 aliphatic rings. The van der Waals surface area contributed by atoms with Crippen molar-refractivity contribution in [1.29, 1.82) is 0 Å². The lowest BCUT2D eigenvalue weighted by Crippen LogP contribution is -2.16. The van der Waals surface area contributed by atoms with Gasteiger partial charge in [-0.15, -0.1) is 0 Å². The van der Waals surface area contributed by atoms with Crippen molar-refractivity contribution in [2.24, 2.45) is 0 Å². The van der Waals surface area contributed by atoms with Crippen molar-refractivity contribution in [3.05, 3.63) is 47.7 Å². The maximum absolute atomic E-state index is 10.9. The van der Waals surface area contributed by atoms with Gasteiger partial charge >= 0.3 is 5.97 Å². The van der Waals surface area contributed by atoms with E-state index < -0.39 is 0 Å². The Hall–Kier alpha value is -1.77. The van der Waals surface area contributed by atoms with Crippen LogP contribution in [0.15, 0.2) is 42.1 Å². The van der Waals surface area contributed by atoms with Gasteiger partial charge in [0.15, 0.2) is 0 Å². The van der Waals surface area contributed by atoms with E-state index in [1.165, 1.54) is 18.7 Å². The van der Waals surface area contributed by atoms with Gasteiger partial charge in [0.05, 0.1) is 7.11 Å². The van der Waals surface area contributed by atoms with E-state index in [0.717, 1.165) is 18.7 Å². The van der Waals surface area contributed by atoms with Crippen LogP contribution in [-0.4, -0.2) is 19.6 Å². The number of esters is 1. The summed E-state index contributed by atoms with van der Waals surface area (Å²) in [6.07, 6.45) is 2.39. The number of allylic oxidation sites excluding steroid dienone is 1. The Labute approximate surface area is 96.1 Å². The van der Waals surface area contributed by atoms with E-state index in [0.29, 0.717) is 0 Å². The topological polar surface area (TPSA) is 38.3 Å². The normalized spacial score (nSPS) is 11.0. The molecule has 0 saturated heterocycles. The maximum atomic E-state index is 10.9. The molecule has 0 amide bonds. The van der Waals surface area contributed by atoms with Crippen molar-refractivity contribution in [2.45, 2.75) is 13.3 Å². The SMILES string of the molecule is COC(=O)/C=C(/C)NCCc1ccccc1. The Bertz CT molecular complexity index is 357.